The number of ether oxygens (including phenoxy) is 1. The smallest absolute Gasteiger partial charge is 0.276 e. The van der Waals surface area contributed by atoms with E-state index < -0.39 is 0 Å². The highest BCUT2D eigenvalue weighted by Crippen LogP contribution is 2.44. The SMILES string of the molecule is O=C(CC1CC1)c1cc2c(s1)-c1ccccc1N(C(=O)c1cccc(N3CCC4(CCOCC4)CC3)n1)CC2. The zero-order valence-electron chi connectivity index (χ0n) is 22.4. The Labute approximate surface area is 234 Å². The van der Waals surface area contributed by atoms with E-state index in [4.69, 9.17) is 9.72 Å². The zero-order valence-corrected chi connectivity index (χ0v) is 23.2. The molecular weight excluding hydrogens is 506 g/mol. The fraction of sp³-hybridized carbons (Fsp3) is 0.469. The number of para-hydroxylation sites is 1. The molecule has 202 valence electrons. The van der Waals surface area contributed by atoms with Gasteiger partial charge in [0.1, 0.15) is 11.5 Å². The summed E-state index contributed by atoms with van der Waals surface area (Å²) < 4.78 is 5.61. The Morgan fingerprint density at radius 1 is 0.974 bits per heavy atom. The number of hydrogen-bond acceptors (Lipinski definition) is 6. The van der Waals surface area contributed by atoms with Crippen LogP contribution in [0.15, 0.2) is 48.5 Å². The van der Waals surface area contributed by atoms with Crippen LogP contribution in [0.25, 0.3) is 10.4 Å². The molecule has 0 unspecified atom stereocenters. The van der Waals surface area contributed by atoms with Crippen molar-refractivity contribution >= 4 is 34.5 Å². The van der Waals surface area contributed by atoms with Gasteiger partial charge in [0.05, 0.1) is 10.6 Å². The maximum Gasteiger partial charge on any atom is 0.276 e. The lowest BCUT2D eigenvalue weighted by molar-refractivity contribution is 0.00205. The van der Waals surface area contributed by atoms with Gasteiger partial charge in [-0.05, 0) is 86.1 Å². The summed E-state index contributed by atoms with van der Waals surface area (Å²) in [7, 11) is 0. The topological polar surface area (TPSA) is 62.7 Å². The number of hydrogen-bond donors (Lipinski definition) is 0. The maximum atomic E-state index is 13.9. The van der Waals surface area contributed by atoms with E-state index in [2.05, 4.69) is 17.0 Å². The number of aromatic nitrogens is 1. The second kappa shape index (κ2) is 10.2. The van der Waals surface area contributed by atoms with E-state index in [9.17, 15) is 9.59 Å². The minimum Gasteiger partial charge on any atom is -0.381 e. The summed E-state index contributed by atoms with van der Waals surface area (Å²) in [5.74, 6) is 1.67. The number of carbonyl (C=O) groups excluding carboxylic acids is 2. The van der Waals surface area contributed by atoms with E-state index in [1.54, 1.807) is 11.3 Å². The molecule has 0 N–H and O–H groups in total. The van der Waals surface area contributed by atoms with E-state index in [-0.39, 0.29) is 11.7 Å². The molecule has 39 heavy (non-hydrogen) atoms. The fourth-order valence-electron chi connectivity index (χ4n) is 6.50. The molecule has 0 atom stereocenters. The Hall–Kier alpha value is -3.03. The second-order valence-electron chi connectivity index (χ2n) is 11.7. The highest BCUT2D eigenvalue weighted by molar-refractivity contribution is 7.17. The number of nitrogens with zero attached hydrogens (tertiary/aromatic N) is 3. The van der Waals surface area contributed by atoms with Crippen LogP contribution in [0.3, 0.4) is 0 Å². The first-order valence-corrected chi connectivity index (χ1v) is 15.3. The second-order valence-corrected chi connectivity index (χ2v) is 12.8. The summed E-state index contributed by atoms with van der Waals surface area (Å²) in [5.41, 5.74) is 4.00. The van der Waals surface area contributed by atoms with Crippen molar-refractivity contribution < 1.29 is 14.3 Å². The van der Waals surface area contributed by atoms with E-state index in [1.165, 1.54) is 18.4 Å². The standard InChI is InChI=1S/C32H35N3O3S/c36-27(20-22-8-9-22)28-21-23-10-15-35(26-6-2-1-4-24(26)30(23)39-28)31(37)25-5-3-7-29(33-25)34-16-11-32(12-17-34)13-18-38-19-14-32/h1-7,21-22H,8-20H2. The molecule has 2 saturated heterocycles. The third-order valence-electron chi connectivity index (χ3n) is 9.20. The highest BCUT2D eigenvalue weighted by atomic mass is 32.1. The molecule has 7 heteroatoms. The van der Waals surface area contributed by atoms with E-state index in [1.807, 2.05) is 41.3 Å². The van der Waals surface area contributed by atoms with E-state index >= 15 is 0 Å². The van der Waals surface area contributed by atoms with Crippen LogP contribution < -0.4 is 9.80 Å². The Bertz CT molecular complexity index is 1400. The average Bonchev–Trinajstić information content (AvgIpc) is 3.72. The highest BCUT2D eigenvalue weighted by Gasteiger charge is 2.36. The van der Waals surface area contributed by atoms with Crippen LogP contribution in [0, 0.1) is 11.3 Å². The number of ketones is 1. The number of amides is 1. The summed E-state index contributed by atoms with van der Waals surface area (Å²) in [6.45, 7) is 4.27. The van der Waals surface area contributed by atoms with Gasteiger partial charge in [-0.2, -0.15) is 0 Å². The summed E-state index contributed by atoms with van der Waals surface area (Å²) in [6.07, 6.45) is 8.37. The molecule has 5 heterocycles. The van der Waals surface area contributed by atoms with E-state index in [0.717, 1.165) is 85.2 Å². The van der Waals surface area contributed by atoms with Crippen LogP contribution in [0.1, 0.15) is 70.7 Å². The largest absolute Gasteiger partial charge is 0.381 e. The molecule has 0 bridgehead atoms. The quantitative estimate of drug-likeness (QED) is 0.350. The van der Waals surface area contributed by atoms with E-state index in [0.29, 0.717) is 30.0 Å². The Kier molecular flexibility index (Phi) is 6.52. The number of benzene rings is 1. The number of piperidine rings is 1. The minimum absolute atomic E-state index is 0.0672. The molecular formula is C32H35N3O3S. The van der Waals surface area contributed by atoms with Crippen molar-refractivity contribution in [1.29, 1.82) is 0 Å². The fourth-order valence-corrected chi connectivity index (χ4v) is 7.69. The molecule has 6 nitrogen and oxygen atoms in total. The lowest BCUT2D eigenvalue weighted by Gasteiger charge is -2.44. The van der Waals surface area contributed by atoms with Crippen molar-refractivity contribution in [2.24, 2.45) is 11.3 Å². The average molecular weight is 542 g/mol. The third kappa shape index (κ3) is 4.91. The van der Waals surface area contributed by atoms with Crippen LogP contribution >= 0.6 is 11.3 Å². The molecule has 4 aliphatic rings. The lowest BCUT2D eigenvalue weighted by atomic mass is 9.72. The number of thiophene rings is 1. The Morgan fingerprint density at radius 2 is 1.77 bits per heavy atom. The van der Waals surface area contributed by atoms with Crippen molar-refractivity contribution in [2.45, 2.75) is 51.4 Å². The van der Waals surface area contributed by atoms with Crippen molar-refractivity contribution in [2.75, 3.05) is 42.6 Å². The molecule has 1 aromatic carbocycles. The van der Waals surface area contributed by atoms with Gasteiger partial charge in [-0.1, -0.05) is 24.3 Å². The maximum absolute atomic E-state index is 13.9. The molecule has 1 saturated carbocycles. The number of Topliss-reactive ketones (excluding diaryl/α,β-unsaturated/α-hetero) is 1. The van der Waals surface area contributed by atoms with Gasteiger partial charge in [-0.15, -0.1) is 11.3 Å². The van der Waals surface area contributed by atoms with Crippen LogP contribution in [0.5, 0.6) is 0 Å². The zero-order chi connectivity index (χ0) is 26.4. The van der Waals surface area contributed by atoms with Gasteiger partial charge in [0.25, 0.3) is 5.91 Å². The first-order valence-electron chi connectivity index (χ1n) is 14.5. The summed E-state index contributed by atoms with van der Waals surface area (Å²) >= 11 is 1.59. The molecule has 3 aromatic rings. The predicted molar refractivity (Wildman–Crippen MR) is 155 cm³/mol. The van der Waals surface area contributed by atoms with Crippen LogP contribution in [-0.4, -0.2) is 49.5 Å². The van der Waals surface area contributed by atoms with Gasteiger partial charge >= 0.3 is 0 Å². The van der Waals surface area contributed by atoms with Gasteiger partial charge in [0.2, 0.25) is 0 Å². The molecule has 7 rings (SSSR count). The van der Waals surface area contributed by atoms with Crippen LogP contribution in [0.2, 0.25) is 0 Å². The molecule has 0 radical (unpaired) electrons. The summed E-state index contributed by atoms with van der Waals surface area (Å²) in [6, 6.07) is 16.0. The first kappa shape index (κ1) is 25.0. The van der Waals surface area contributed by atoms with Gasteiger partial charge in [-0.25, -0.2) is 4.98 Å². The predicted octanol–water partition coefficient (Wildman–Crippen LogP) is 6.39. The van der Waals surface area contributed by atoms with Gasteiger partial charge in [0.15, 0.2) is 5.78 Å². The Balaban J connectivity index is 1.12. The van der Waals surface area contributed by atoms with Crippen LogP contribution in [-0.2, 0) is 11.2 Å². The summed E-state index contributed by atoms with van der Waals surface area (Å²) in [4.78, 5) is 37.9. The number of anilines is 2. The minimum atomic E-state index is -0.0672. The number of pyridine rings is 1. The number of carbonyl (C=O) groups is 2. The lowest BCUT2D eigenvalue weighted by Crippen LogP contribution is -2.43. The molecule has 1 aliphatic carbocycles. The number of rotatable bonds is 5. The monoisotopic (exact) mass is 541 g/mol. The van der Waals surface area contributed by atoms with Crippen LogP contribution in [0.4, 0.5) is 11.5 Å². The number of fused-ring (bicyclic) bond motifs is 3. The van der Waals surface area contributed by atoms with Crippen molar-refractivity contribution in [3.05, 3.63) is 64.7 Å². The molecule has 3 fully saturated rings. The molecule has 1 spiro atoms. The third-order valence-corrected chi connectivity index (χ3v) is 10.5. The normalized spacial score (nSPS) is 20.3. The van der Waals surface area contributed by atoms with Crippen molar-refractivity contribution in [1.82, 2.24) is 4.98 Å². The van der Waals surface area contributed by atoms with Gasteiger partial charge < -0.3 is 14.5 Å². The molecule has 3 aliphatic heterocycles. The Morgan fingerprint density at radius 3 is 2.56 bits per heavy atom. The van der Waals surface area contributed by atoms with Gasteiger partial charge in [-0.3, -0.25) is 9.59 Å². The molecule has 2 aromatic heterocycles. The van der Waals surface area contributed by atoms with Gasteiger partial charge in [0, 0.05) is 49.7 Å². The first-order chi connectivity index (χ1) is 19.1. The van der Waals surface area contributed by atoms with Crippen molar-refractivity contribution in [3.63, 3.8) is 0 Å². The van der Waals surface area contributed by atoms with Crippen molar-refractivity contribution in [3.8, 4) is 10.4 Å². The summed E-state index contributed by atoms with van der Waals surface area (Å²) in [5, 5.41) is 0. The molecule has 1 amide bonds.